The Bertz CT molecular complexity index is 1010. The number of halogens is 2. The molecule has 3 rings (SSSR count). The van der Waals surface area contributed by atoms with Gasteiger partial charge >= 0.3 is 0 Å². The van der Waals surface area contributed by atoms with Crippen LogP contribution >= 0.6 is 27.5 Å². The molecule has 0 aromatic heterocycles. The van der Waals surface area contributed by atoms with Crippen LogP contribution in [0.4, 0.5) is 5.69 Å². The van der Waals surface area contributed by atoms with Crippen molar-refractivity contribution in [1.82, 2.24) is 4.31 Å². The van der Waals surface area contributed by atoms with Crippen molar-refractivity contribution in [3.63, 3.8) is 0 Å². The van der Waals surface area contributed by atoms with Gasteiger partial charge in [-0.05, 0) is 54.8 Å². The lowest BCUT2D eigenvalue weighted by molar-refractivity contribution is -0.120. The summed E-state index contributed by atoms with van der Waals surface area (Å²) < 4.78 is 32.3. The maximum absolute atomic E-state index is 12.7. The number of nitrogens with zero attached hydrogens (tertiary/aromatic N) is 2. The molecule has 0 saturated carbocycles. The minimum absolute atomic E-state index is 0.154. The molecule has 1 aliphatic rings. The van der Waals surface area contributed by atoms with Crippen LogP contribution in [0.1, 0.15) is 12.0 Å². The van der Waals surface area contributed by atoms with Crippen LogP contribution in [-0.4, -0.2) is 45.9 Å². The molecule has 9 heteroatoms. The predicted molar refractivity (Wildman–Crippen MR) is 113 cm³/mol. The number of benzene rings is 2. The first-order valence-electron chi connectivity index (χ1n) is 8.64. The zero-order valence-electron chi connectivity index (χ0n) is 15.5. The second kappa shape index (κ2) is 8.41. The first kappa shape index (κ1) is 21.1. The monoisotopic (exact) mass is 486 g/mol. The number of rotatable bonds is 5. The Labute approximate surface area is 178 Å². The Balaban J connectivity index is 1.79. The normalized spacial score (nSPS) is 14.1. The van der Waals surface area contributed by atoms with Gasteiger partial charge in [0.15, 0.2) is 6.61 Å². The summed E-state index contributed by atoms with van der Waals surface area (Å²) in [4.78, 5) is 14.6. The average molecular weight is 488 g/mol. The molecule has 0 unspecified atom stereocenters. The van der Waals surface area contributed by atoms with Gasteiger partial charge in [0.2, 0.25) is 10.0 Å². The van der Waals surface area contributed by atoms with Gasteiger partial charge in [0.1, 0.15) is 5.75 Å². The van der Waals surface area contributed by atoms with Crippen molar-refractivity contribution in [3.8, 4) is 5.75 Å². The molecular formula is C19H20BrClN2O4S. The number of hydrogen-bond acceptors (Lipinski definition) is 4. The van der Waals surface area contributed by atoms with E-state index in [9.17, 15) is 13.2 Å². The number of ether oxygens (including phenoxy) is 1. The summed E-state index contributed by atoms with van der Waals surface area (Å²) >= 11 is 9.45. The fourth-order valence-corrected chi connectivity index (χ4v) is 4.69. The van der Waals surface area contributed by atoms with E-state index in [2.05, 4.69) is 15.9 Å². The van der Waals surface area contributed by atoms with Gasteiger partial charge in [-0.2, -0.15) is 0 Å². The third-order valence-corrected chi connectivity index (χ3v) is 7.09. The number of aryl methyl sites for hydroxylation is 1. The first-order valence-corrected chi connectivity index (χ1v) is 11.2. The molecule has 0 N–H and O–H groups in total. The molecule has 6 nitrogen and oxygen atoms in total. The van der Waals surface area contributed by atoms with Gasteiger partial charge in [0, 0.05) is 30.8 Å². The largest absolute Gasteiger partial charge is 0.482 e. The molecule has 0 radical (unpaired) electrons. The van der Waals surface area contributed by atoms with Crippen LogP contribution in [0.25, 0.3) is 0 Å². The number of carbonyl (C=O) groups is 1. The molecule has 1 heterocycles. The molecular weight excluding hydrogens is 468 g/mol. The predicted octanol–water partition coefficient (Wildman–Crippen LogP) is 3.71. The van der Waals surface area contributed by atoms with E-state index in [-0.39, 0.29) is 17.4 Å². The van der Waals surface area contributed by atoms with Crippen LogP contribution in [0.3, 0.4) is 0 Å². The highest BCUT2D eigenvalue weighted by molar-refractivity contribution is 9.10. The summed E-state index contributed by atoms with van der Waals surface area (Å²) in [7, 11) is -0.525. The molecule has 2 aromatic rings. The molecule has 1 amide bonds. The van der Waals surface area contributed by atoms with Crippen molar-refractivity contribution in [2.45, 2.75) is 17.7 Å². The molecule has 0 fully saturated rings. The van der Waals surface area contributed by atoms with E-state index >= 15 is 0 Å². The second-order valence-corrected chi connectivity index (χ2v) is 10.1. The van der Waals surface area contributed by atoms with Crippen molar-refractivity contribution in [2.75, 3.05) is 32.1 Å². The third-order valence-electron chi connectivity index (χ3n) is 4.49. The smallest absolute Gasteiger partial charge is 0.264 e. The average Bonchev–Trinajstić information content (AvgIpc) is 2.66. The zero-order chi connectivity index (χ0) is 20.5. The first-order chi connectivity index (χ1) is 13.2. The summed E-state index contributed by atoms with van der Waals surface area (Å²) in [5, 5.41) is 0.416. The molecule has 0 spiro atoms. The number of amides is 1. The number of anilines is 1. The highest BCUT2D eigenvalue weighted by Gasteiger charge is 2.26. The number of fused-ring (bicyclic) bond motifs is 1. The molecule has 1 aliphatic heterocycles. The van der Waals surface area contributed by atoms with Crippen molar-refractivity contribution < 1.29 is 17.9 Å². The lowest BCUT2D eigenvalue weighted by Gasteiger charge is -2.30. The van der Waals surface area contributed by atoms with E-state index in [1.54, 1.807) is 35.2 Å². The van der Waals surface area contributed by atoms with Gasteiger partial charge in [-0.15, -0.1) is 0 Å². The van der Waals surface area contributed by atoms with Gasteiger partial charge in [-0.25, -0.2) is 12.7 Å². The molecule has 150 valence electrons. The second-order valence-electron chi connectivity index (χ2n) is 6.59. The molecule has 0 aliphatic carbocycles. The van der Waals surface area contributed by atoms with E-state index in [1.807, 2.05) is 0 Å². The summed E-state index contributed by atoms with van der Waals surface area (Å²) in [6.07, 6.45) is 1.47. The molecule has 0 atom stereocenters. The number of sulfonamides is 1. The summed E-state index contributed by atoms with van der Waals surface area (Å²) in [6, 6.07) is 10.1. The van der Waals surface area contributed by atoms with Crippen LogP contribution in [0.5, 0.6) is 5.75 Å². The quantitative estimate of drug-likeness (QED) is 0.645. The highest BCUT2D eigenvalue weighted by Crippen LogP contribution is 2.31. The van der Waals surface area contributed by atoms with Crippen molar-refractivity contribution >= 4 is 49.1 Å². The van der Waals surface area contributed by atoms with Gasteiger partial charge in [0.05, 0.1) is 9.92 Å². The fraction of sp³-hybridized carbons (Fsp3) is 0.316. The van der Waals surface area contributed by atoms with E-state index in [0.29, 0.717) is 17.3 Å². The Kier molecular flexibility index (Phi) is 6.34. The van der Waals surface area contributed by atoms with Crippen LogP contribution in [0.15, 0.2) is 45.8 Å². The summed E-state index contributed by atoms with van der Waals surface area (Å²) in [5.74, 6) is 0.228. The maximum atomic E-state index is 12.7. The van der Waals surface area contributed by atoms with Gasteiger partial charge in [-0.1, -0.05) is 27.5 Å². The van der Waals surface area contributed by atoms with Crippen molar-refractivity contribution in [1.29, 1.82) is 0 Å². The van der Waals surface area contributed by atoms with Crippen LogP contribution < -0.4 is 9.64 Å². The lowest BCUT2D eigenvalue weighted by atomic mass is 10.0. The topological polar surface area (TPSA) is 66.9 Å². The van der Waals surface area contributed by atoms with E-state index < -0.39 is 10.0 Å². The zero-order valence-corrected chi connectivity index (χ0v) is 18.6. The highest BCUT2D eigenvalue weighted by atomic mass is 79.9. The van der Waals surface area contributed by atoms with Gasteiger partial charge in [-0.3, -0.25) is 4.79 Å². The maximum Gasteiger partial charge on any atom is 0.264 e. The minimum atomic E-state index is -3.52. The molecule has 0 bridgehead atoms. The number of carbonyl (C=O) groups excluding carboxylic acids is 1. The van der Waals surface area contributed by atoms with E-state index in [1.165, 1.54) is 24.5 Å². The minimum Gasteiger partial charge on any atom is -0.482 e. The van der Waals surface area contributed by atoms with Gasteiger partial charge in [0.25, 0.3) is 5.91 Å². The Morgan fingerprint density at radius 1 is 1.25 bits per heavy atom. The Hall–Kier alpha value is -1.61. The van der Waals surface area contributed by atoms with Crippen LogP contribution in [0.2, 0.25) is 5.02 Å². The summed E-state index contributed by atoms with van der Waals surface area (Å²) in [5.41, 5.74) is 1.56. The Morgan fingerprint density at radius 2 is 2.00 bits per heavy atom. The standard InChI is InChI=1S/C19H20BrClN2O4S/c1-22(2)28(25,26)15-6-7-17-13(10-15)4-3-9-23(17)19(24)12-27-18-8-5-14(20)11-16(18)21/h5-8,10-11H,3-4,9,12H2,1-2H3. The van der Waals surface area contributed by atoms with Crippen molar-refractivity contribution in [2.24, 2.45) is 0 Å². The summed E-state index contributed by atoms with van der Waals surface area (Å²) in [6.45, 7) is 0.404. The SMILES string of the molecule is CN(C)S(=O)(=O)c1ccc2c(c1)CCCN2C(=O)COc1ccc(Br)cc1Cl. The molecule has 0 saturated heterocycles. The third kappa shape index (κ3) is 4.35. The van der Waals surface area contributed by atoms with Gasteiger partial charge < -0.3 is 9.64 Å². The molecule has 28 heavy (non-hydrogen) atoms. The fourth-order valence-electron chi connectivity index (χ4n) is 3.01. The van der Waals surface area contributed by atoms with Crippen LogP contribution in [0, 0.1) is 0 Å². The molecule has 2 aromatic carbocycles. The number of hydrogen-bond donors (Lipinski definition) is 0. The lowest BCUT2D eigenvalue weighted by Crippen LogP contribution is -2.38. The van der Waals surface area contributed by atoms with Crippen LogP contribution in [-0.2, 0) is 21.2 Å². The van der Waals surface area contributed by atoms with E-state index in [4.69, 9.17) is 16.3 Å². The van der Waals surface area contributed by atoms with E-state index in [0.717, 1.165) is 28.6 Å². The Morgan fingerprint density at radius 3 is 2.68 bits per heavy atom. The van der Waals surface area contributed by atoms with Crippen molar-refractivity contribution in [3.05, 3.63) is 51.5 Å².